The highest BCUT2D eigenvalue weighted by molar-refractivity contribution is 6.43. The second kappa shape index (κ2) is 5.97. The SMILES string of the molecule is C[SiH2]O[SiH2]C(C(C)C)C(C)C. The van der Waals surface area contributed by atoms with Crippen LogP contribution in [0.4, 0.5) is 0 Å². The highest BCUT2D eigenvalue weighted by Gasteiger charge is 2.17. The van der Waals surface area contributed by atoms with E-state index in [1.165, 1.54) is 0 Å². The van der Waals surface area contributed by atoms with Gasteiger partial charge in [-0.2, -0.15) is 0 Å². The predicted octanol–water partition coefficient (Wildman–Crippen LogP) is 1.32. The first-order valence-corrected chi connectivity index (χ1v) is 8.05. The first-order valence-electron chi connectivity index (χ1n) is 4.67. The molecule has 0 spiro atoms. The quantitative estimate of drug-likeness (QED) is 0.594. The molecule has 0 saturated heterocycles. The molecule has 1 nitrogen and oxygen atoms in total. The average Bonchev–Trinajstić information content (AvgIpc) is 1.87. The molecule has 0 bridgehead atoms. The molecule has 68 valence electrons. The Morgan fingerprint density at radius 1 is 1.00 bits per heavy atom. The Morgan fingerprint density at radius 2 is 1.45 bits per heavy atom. The smallest absolute Gasteiger partial charge is 0.149 e. The van der Waals surface area contributed by atoms with E-state index in [2.05, 4.69) is 34.2 Å². The zero-order valence-corrected chi connectivity index (χ0v) is 11.4. The summed E-state index contributed by atoms with van der Waals surface area (Å²) >= 11 is 0. The van der Waals surface area contributed by atoms with E-state index in [0.29, 0.717) is 0 Å². The van der Waals surface area contributed by atoms with Gasteiger partial charge in [0.05, 0.1) is 0 Å². The number of rotatable bonds is 5. The van der Waals surface area contributed by atoms with Gasteiger partial charge in [-0.25, -0.2) is 0 Å². The van der Waals surface area contributed by atoms with E-state index in [4.69, 9.17) is 4.12 Å². The molecule has 0 fully saturated rings. The van der Waals surface area contributed by atoms with Crippen molar-refractivity contribution in [1.82, 2.24) is 0 Å². The summed E-state index contributed by atoms with van der Waals surface area (Å²) in [7, 11) is -0.339. The lowest BCUT2D eigenvalue weighted by Gasteiger charge is -2.23. The molecule has 0 unspecified atom stereocenters. The first kappa shape index (κ1) is 11.4. The fraction of sp³-hybridized carbons (Fsp3) is 1.00. The van der Waals surface area contributed by atoms with Crippen LogP contribution < -0.4 is 0 Å². The minimum Gasteiger partial charge on any atom is -0.465 e. The van der Waals surface area contributed by atoms with E-state index in [-0.39, 0.29) is 19.5 Å². The van der Waals surface area contributed by atoms with Crippen molar-refractivity contribution >= 4 is 19.5 Å². The molecule has 0 heterocycles. The second-order valence-electron chi connectivity index (χ2n) is 3.81. The average molecular weight is 190 g/mol. The van der Waals surface area contributed by atoms with Crippen LogP contribution in [0.25, 0.3) is 0 Å². The molecule has 0 aliphatic heterocycles. The molecule has 0 aromatic rings. The van der Waals surface area contributed by atoms with Crippen LogP contribution in [0.1, 0.15) is 27.7 Å². The minimum atomic E-state index is -0.208. The summed E-state index contributed by atoms with van der Waals surface area (Å²) in [4.78, 5) is 0. The summed E-state index contributed by atoms with van der Waals surface area (Å²) in [5, 5.41) is 0. The predicted molar refractivity (Wildman–Crippen MR) is 57.5 cm³/mol. The summed E-state index contributed by atoms with van der Waals surface area (Å²) in [6.07, 6.45) is 0. The van der Waals surface area contributed by atoms with Crippen molar-refractivity contribution < 1.29 is 4.12 Å². The van der Waals surface area contributed by atoms with Gasteiger partial charge in [0, 0.05) is 0 Å². The van der Waals surface area contributed by atoms with Gasteiger partial charge >= 0.3 is 0 Å². The van der Waals surface area contributed by atoms with Gasteiger partial charge in [-0.15, -0.1) is 0 Å². The van der Waals surface area contributed by atoms with Crippen LogP contribution in [-0.4, -0.2) is 19.5 Å². The van der Waals surface area contributed by atoms with Crippen LogP contribution in [0.15, 0.2) is 0 Å². The van der Waals surface area contributed by atoms with Gasteiger partial charge in [0.15, 0.2) is 0 Å². The van der Waals surface area contributed by atoms with Crippen LogP contribution >= 0.6 is 0 Å². The molecule has 0 atom stereocenters. The number of hydrogen-bond donors (Lipinski definition) is 0. The summed E-state index contributed by atoms with van der Waals surface area (Å²) in [6.45, 7) is 11.5. The molecule has 0 N–H and O–H groups in total. The van der Waals surface area contributed by atoms with Crippen LogP contribution in [0.5, 0.6) is 0 Å². The lowest BCUT2D eigenvalue weighted by molar-refractivity contribution is 0.435. The van der Waals surface area contributed by atoms with Crippen LogP contribution in [0.2, 0.25) is 12.1 Å². The molecule has 0 aromatic carbocycles. The molecular formula is C8H22OSi2. The summed E-state index contributed by atoms with van der Waals surface area (Å²) in [5.41, 5.74) is 0.891. The van der Waals surface area contributed by atoms with Gasteiger partial charge in [0.1, 0.15) is 19.5 Å². The van der Waals surface area contributed by atoms with E-state index >= 15 is 0 Å². The largest absolute Gasteiger partial charge is 0.465 e. The fourth-order valence-corrected chi connectivity index (χ4v) is 4.21. The maximum absolute atomic E-state index is 5.70. The maximum Gasteiger partial charge on any atom is 0.149 e. The van der Waals surface area contributed by atoms with Gasteiger partial charge in [0.25, 0.3) is 0 Å². The summed E-state index contributed by atoms with van der Waals surface area (Å²) < 4.78 is 5.70. The topological polar surface area (TPSA) is 9.23 Å². The molecule has 0 saturated carbocycles. The van der Waals surface area contributed by atoms with Gasteiger partial charge < -0.3 is 4.12 Å². The lowest BCUT2D eigenvalue weighted by atomic mass is 10.00. The standard InChI is InChI=1S/C8H22OSi2/c1-6(2)8(7(3)4)11-9-10-5/h6-8H,10-11H2,1-5H3. The fourth-order valence-electron chi connectivity index (χ4n) is 1.41. The zero-order chi connectivity index (χ0) is 8.85. The van der Waals surface area contributed by atoms with Gasteiger partial charge in [-0.1, -0.05) is 34.2 Å². The van der Waals surface area contributed by atoms with Crippen LogP contribution in [0.3, 0.4) is 0 Å². The van der Waals surface area contributed by atoms with Crippen molar-refractivity contribution in [2.24, 2.45) is 11.8 Å². The monoisotopic (exact) mass is 190 g/mol. The Bertz CT molecular complexity index is 86.1. The summed E-state index contributed by atoms with van der Waals surface area (Å²) in [5.74, 6) is 1.64. The van der Waals surface area contributed by atoms with Crippen LogP contribution in [0, 0.1) is 11.8 Å². The zero-order valence-electron chi connectivity index (χ0n) is 8.55. The molecule has 3 heteroatoms. The molecule has 0 aromatic heterocycles. The third-order valence-electron chi connectivity index (χ3n) is 2.23. The molecule has 0 amide bonds. The van der Waals surface area contributed by atoms with Gasteiger partial charge in [-0.05, 0) is 17.4 Å². The maximum atomic E-state index is 5.70. The number of hydrogen-bond acceptors (Lipinski definition) is 1. The van der Waals surface area contributed by atoms with Crippen molar-refractivity contribution in [2.75, 3.05) is 0 Å². The summed E-state index contributed by atoms with van der Waals surface area (Å²) in [6, 6.07) is 0. The van der Waals surface area contributed by atoms with Crippen molar-refractivity contribution in [2.45, 2.75) is 39.8 Å². The van der Waals surface area contributed by atoms with Crippen molar-refractivity contribution in [3.63, 3.8) is 0 Å². The van der Waals surface area contributed by atoms with E-state index in [1.54, 1.807) is 0 Å². The van der Waals surface area contributed by atoms with Gasteiger partial charge in [-0.3, -0.25) is 0 Å². The van der Waals surface area contributed by atoms with E-state index in [9.17, 15) is 0 Å². The Hall–Kier alpha value is 0.394. The van der Waals surface area contributed by atoms with Gasteiger partial charge in [0.2, 0.25) is 0 Å². The minimum absolute atomic E-state index is 0.131. The van der Waals surface area contributed by atoms with Crippen LogP contribution in [-0.2, 0) is 4.12 Å². The molecular weight excluding hydrogens is 168 g/mol. The third kappa shape index (κ3) is 4.77. The Labute approximate surface area is 75.8 Å². The molecule has 11 heavy (non-hydrogen) atoms. The molecule has 0 rings (SSSR count). The normalized spacial score (nSPS) is 14.2. The third-order valence-corrected chi connectivity index (χ3v) is 7.07. The highest BCUT2D eigenvalue weighted by Crippen LogP contribution is 2.25. The molecule has 0 radical (unpaired) electrons. The molecule has 0 aliphatic rings. The van der Waals surface area contributed by atoms with E-state index in [1.807, 2.05) is 0 Å². The Balaban J connectivity index is 3.70. The second-order valence-corrected chi connectivity index (χ2v) is 7.30. The molecule has 0 aliphatic carbocycles. The highest BCUT2D eigenvalue weighted by atomic mass is 28.3. The van der Waals surface area contributed by atoms with E-state index < -0.39 is 0 Å². The Kier molecular flexibility index (Phi) is 6.18. The van der Waals surface area contributed by atoms with E-state index in [0.717, 1.165) is 17.4 Å². The lowest BCUT2D eigenvalue weighted by Crippen LogP contribution is -2.19. The van der Waals surface area contributed by atoms with Crippen molar-refractivity contribution in [1.29, 1.82) is 0 Å². The first-order chi connectivity index (χ1) is 5.09. The van der Waals surface area contributed by atoms with Crippen molar-refractivity contribution in [3.8, 4) is 0 Å². The van der Waals surface area contributed by atoms with Crippen molar-refractivity contribution in [3.05, 3.63) is 0 Å². The Morgan fingerprint density at radius 3 is 1.73 bits per heavy atom.